The lowest BCUT2D eigenvalue weighted by atomic mass is 10.2. The third-order valence-corrected chi connectivity index (χ3v) is 2.99. The first-order valence-electron chi connectivity index (χ1n) is 6.76. The number of nitrogens with zero attached hydrogens (tertiary/aromatic N) is 3. The number of hydrogen-bond acceptors (Lipinski definition) is 4. The zero-order chi connectivity index (χ0) is 14.5. The van der Waals surface area contributed by atoms with Crippen LogP contribution >= 0.6 is 0 Å². The van der Waals surface area contributed by atoms with Gasteiger partial charge in [0.1, 0.15) is 5.52 Å². The minimum absolute atomic E-state index is 0.192. The molecule has 108 valence electrons. The van der Waals surface area contributed by atoms with E-state index in [-0.39, 0.29) is 11.7 Å². The Morgan fingerprint density at radius 1 is 1.40 bits per heavy atom. The van der Waals surface area contributed by atoms with Crippen molar-refractivity contribution in [2.75, 3.05) is 6.61 Å². The topological polar surface area (TPSA) is 77.2 Å². The van der Waals surface area contributed by atoms with Crippen LogP contribution in [0.15, 0.2) is 18.2 Å². The number of unbranched alkanes of at least 4 members (excludes halogenated alkanes) is 1. The molecule has 0 fully saturated rings. The third-order valence-electron chi connectivity index (χ3n) is 2.99. The number of rotatable bonds is 7. The van der Waals surface area contributed by atoms with Gasteiger partial charge in [0, 0.05) is 13.2 Å². The molecule has 1 aromatic heterocycles. The number of benzene rings is 1. The van der Waals surface area contributed by atoms with Crippen LogP contribution in [0, 0.1) is 0 Å². The number of aromatic carboxylic acids is 1. The molecule has 6 heteroatoms. The van der Waals surface area contributed by atoms with Gasteiger partial charge in [0.15, 0.2) is 0 Å². The van der Waals surface area contributed by atoms with E-state index >= 15 is 0 Å². The third kappa shape index (κ3) is 3.33. The average Bonchev–Trinajstić information content (AvgIpc) is 2.81. The molecule has 2 rings (SSSR count). The van der Waals surface area contributed by atoms with Gasteiger partial charge in [-0.3, -0.25) is 0 Å². The standard InChI is InChI=1S/C14H19N3O3/c1-10(2)20-9-4-3-8-17-12-7-5-6-11(14(18)19)13(12)15-16-17/h5-7,10H,3-4,8-9H2,1-2H3,(H,18,19). The molecule has 6 nitrogen and oxygen atoms in total. The smallest absolute Gasteiger partial charge is 0.338 e. The zero-order valence-electron chi connectivity index (χ0n) is 11.7. The second kappa shape index (κ2) is 6.47. The van der Waals surface area contributed by atoms with Gasteiger partial charge in [0.05, 0.1) is 17.2 Å². The highest BCUT2D eigenvalue weighted by atomic mass is 16.5. The zero-order valence-corrected chi connectivity index (χ0v) is 11.7. The first kappa shape index (κ1) is 14.5. The van der Waals surface area contributed by atoms with Crippen molar-refractivity contribution in [1.82, 2.24) is 15.0 Å². The quantitative estimate of drug-likeness (QED) is 0.786. The van der Waals surface area contributed by atoms with Gasteiger partial charge < -0.3 is 9.84 Å². The molecule has 0 unspecified atom stereocenters. The Bertz CT molecular complexity index is 592. The molecule has 1 N–H and O–H groups in total. The van der Waals surface area contributed by atoms with Gasteiger partial charge in [-0.25, -0.2) is 9.48 Å². The summed E-state index contributed by atoms with van der Waals surface area (Å²) in [6.07, 6.45) is 2.11. The summed E-state index contributed by atoms with van der Waals surface area (Å²) in [6, 6.07) is 5.10. The highest BCUT2D eigenvalue weighted by Gasteiger charge is 2.13. The lowest BCUT2D eigenvalue weighted by Gasteiger charge is -2.07. The van der Waals surface area contributed by atoms with Crippen LogP contribution in [0.5, 0.6) is 0 Å². The minimum Gasteiger partial charge on any atom is -0.478 e. The van der Waals surface area contributed by atoms with Crippen LogP contribution in [0.2, 0.25) is 0 Å². The lowest BCUT2D eigenvalue weighted by molar-refractivity contribution is 0.0698. The number of aryl methyl sites for hydroxylation is 1. The second-order valence-electron chi connectivity index (χ2n) is 4.92. The van der Waals surface area contributed by atoms with Crippen LogP contribution < -0.4 is 0 Å². The molecule has 0 saturated carbocycles. The van der Waals surface area contributed by atoms with E-state index in [0.29, 0.717) is 12.1 Å². The summed E-state index contributed by atoms with van der Waals surface area (Å²) in [6.45, 7) is 5.46. The summed E-state index contributed by atoms with van der Waals surface area (Å²) >= 11 is 0. The molecule has 0 atom stereocenters. The largest absolute Gasteiger partial charge is 0.478 e. The van der Waals surface area contributed by atoms with E-state index in [1.54, 1.807) is 16.8 Å². The summed E-state index contributed by atoms with van der Waals surface area (Å²) in [7, 11) is 0. The van der Waals surface area contributed by atoms with Gasteiger partial charge >= 0.3 is 5.97 Å². The fraction of sp³-hybridized carbons (Fsp3) is 0.500. The van der Waals surface area contributed by atoms with E-state index in [4.69, 9.17) is 9.84 Å². The highest BCUT2D eigenvalue weighted by molar-refractivity contribution is 6.00. The van der Waals surface area contributed by atoms with E-state index in [0.717, 1.165) is 25.0 Å². The van der Waals surface area contributed by atoms with E-state index in [1.165, 1.54) is 0 Å². The van der Waals surface area contributed by atoms with Crippen molar-refractivity contribution in [3.05, 3.63) is 23.8 Å². The molecule has 20 heavy (non-hydrogen) atoms. The fourth-order valence-electron chi connectivity index (χ4n) is 2.01. The molecular formula is C14H19N3O3. The monoisotopic (exact) mass is 277 g/mol. The molecule has 0 saturated heterocycles. The van der Waals surface area contributed by atoms with Crippen LogP contribution in [0.4, 0.5) is 0 Å². The molecule has 0 aliphatic rings. The molecular weight excluding hydrogens is 258 g/mol. The maximum Gasteiger partial charge on any atom is 0.338 e. The fourth-order valence-corrected chi connectivity index (χ4v) is 2.01. The van der Waals surface area contributed by atoms with Crippen molar-refractivity contribution >= 4 is 17.0 Å². The van der Waals surface area contributed by atoms with Gasteiger partial charge in [-0.2, -0.15) is 0 Å². The van der Waals surface area contributed by atoms with Crippen molar-refractivity contribution in [1.29, 1.82) is 0 Å². The molecule has 0 aliphatic carbocycles. The van der Waals surface area contributed by atoms with Crippen molar-refractivity contribution in [2.24, 2.45) is 0 Å². The highest BCUT2D eigenvalue weighted by Crippen LogP contribution is 2.16. The Balaban J connectivity index is 2.01. The lowest BCUT2D eigenvalue weighted by Crippen LogP contribution is -2.06. The number of aromatic nitrogens is 3. The second-order valence-corrected chi connectivity index (χ2v) is 4.92. The van der Waals surface area contributed by atoms with Gasteiger partial charge in [0.2, 0.25) is 0 Å². The predicted octanol–water partition coefficient (Wildman–Crippen LogP) is 2.33. The first-order chi connectivity index (χ1) is 9.59. The Morgan fingerprint density at radius 2 is 2.20 bits per heavy atom. The van der Waals surface area contributed by atoms with Crippen molar-refractivity contribution in [2.45, 2.75) is 39.3 Å². The Hall–Kier alpha value is -1.95. The number of hydrogen-bond donors (Lipinski definition) is 1. The molecule has 2 aromatic rings. The molecule has 0 radical (unpaired) electrons. The van der Waals surface area contributed by atoms with Gasteiger partial charge in [-0.1, -0.05) is 11.3 Å². The maximum atomic E-state index is 11.1. The van der Waals surface area contributed by atoms with Crippen molar-refractivity contribution in [3.8, 4) is 0 Å². The molecule has 1 heterocycles. The Labute approximate surface area is 117 Å². The summed E-state index contributed by atoms with van der Waals surface area (Å²) < 4.78 is 7.22. The van der Waals surface area contributed by atoms with Gasteiger partial charge in [-0.15, -0.1) is 5.10 Å². The SMILES string of the molecule is CC(C)OCCCCn1nnc2c(C(=O)O)cccc21. The molecule has 0 bridgehead atoms. The maximum absolute atomic E-state index is 11.1. The normalized spacial score (nSPS) is 11.3. The van der Waals surface area contributed by atoms with E-state index < -0.39 is 5.97 Å². The molecule has 1 aromatic carbocycles. The Morgan fingerprint density at radius 3 is 2.90 bits per heavy atom. The summed E-state index contributed by atoms with van der Waals surface area (Å²) in [4.78, 5) is 11.1. The van der Waals surface area contributed by atoms with Crippen molar-refractivity contribution in [3.63, 3.8) is 0 Å². The van der Waals surface area contributed by atoms with Crippen LogP contribution in [0.1, 0.15) is 37.0 Å². The summed E-state index contributed by atoms with van der Waals surface area (Å²) in [5.41, 5.74) is 1.39. The van der Waals surface area contributed by atoms with Crippen LogP contribution in [0.25, 0.3) is 11.0 Å². The van der Waals surface area contributed by atoms with E-state index in [1.807, 2.05) is 19.9 Å². The average molecular weight is 277 g/mol. The number of carboxylic acids is 1. The van der Waals surface area contributed by atoms with Gasteiger partial charge in [-0.05, 0) is 38.8 Å². The number of carboxylic acid groups (broad SMARTS) is 1. The van der Waals surface area contributed by atoms with E-state index in [9.17, 15) is 4.79 Å². The predicted molar refractivity (Wildman–Crippen MR) is 74.8 cm³/mol. The van der Waals surface area contributed by atoms with E-state index in [2.05, 4.69) is 10.3 Å². The van der Waals surface area contributed by atoms with Crippen LogP contribution in [-0.4, -0.2) is 38.8 Å². The number of carbonyl (C=O) groups is 1. The molecule has 0 spiro atoms. The summed E-state index contributed by atoms with van der Waals surface area (Å²) in [5.74, 6) is -0.979. The summed E-state index contributed by atoms with van der Waals surface area (Å²) in [5, 5.41) is 17.1. The first-order valence-corrected chi connectivity index (χ1v) is 6.76. The van der Waals surface area contributed by atoms with Gasteiger partial charge in [0.25, 0.3) is 0 Å². The minimum atomic E-state index is -0.979. The number of ether oxygens (including phenoxy) is 1. The number of fused-ring (bicyclic) bond motifs is 1. The van der Waals surface area contributed by atoms with Crippen LogP contribution in [-0.2, 0) is 11.3 Å². The van der Waals surface area contributed by atoms with Crippen LogP contribution in [0.3, 0.4) is 0 Å². The Kier molecular flexibility index (Phi) is 4.68. The molecule has 0 aliphatic heterocycles. The molecule has 0 amide bonds. The van der Waals surface area contributed by atoms with Crippen molar-refractivity contribution < 1.29 is 14.6 Å².